The van der Waals surface area contributed by atoms with E-state index in [0.29, 0.717) is 0 Å². The zero-order valence-electron chi connectivity index (χ0n) is 13.4. The molecule has 0 aromatic carbocycles. The quantitative estimate of drug-likeness (QED) is 0.545. The van der Waals surface area contributed by atoms with E-state index in [9.17, 15) is 0 Å². The molecule has 1 heteroatoms. The lowest BCUT2D eigenvalue weighted by Crippen LogP contribution is -2.38. The molecule has 3 aliphatic heterocycles. The minimum atomic E-state index is -0.614. The Balaban J connectivity index is 2.22. The number of rotatable bonds is 6. The van der Waals surface area contributed by atoms with E-state index in [2.05, 4.69) is 41.5 Å². The summed E-state index contributed by atoms with van der Waals surface area (Å²) in [6.45, 7) is 14.9. The van der Waals surface area contributed by atoms with Gasteiger partial charge in [-0.05, 0) is 32.1 Å². The lowest BCUT2D eigenvalue weighted by Gasteiger charge is -2.46. The molecule has 3 rings (SSSR count). The molecule has 0 aromatic rings. The maximum atomic E-state index is 2.62. The summed E-state index contributed by atoms with van der Waals surface area (Å²) in [6, 6.07) is 0. The van der Waals surface area contributed by atoms with Crippen LogP contribution in [0.5, 0.6) is 0 Å². The highest BCUT2D eigenvalue weighted by Crippen LogP contribution is 2.89. The van der Waals surface area contributed by atoms with Crippen molar-refractivity contribution in [2.45, 2.75) is 84.2 Å². The van der Waals surface area contributed by atoms with E-state index in [1.807, 2.05) is 0 Å². The number of hydrogen-bond acceptors (Lipinski definition) is 0. The summed E-state index contributed by atoms with van der Waals surface area (Å²) >= 11 is 0. The van der Waals surface area contributed by atoms with Gasteiger partial charge in [0.2, 0.25) is 0 Å². The van der Waals surface area contributed by atoms with E-state index in [-0.39, 0.29) is 0 Å². The molecule has 18 heavy (non-hydrogen) atoms. The van der Waals surface area contributed by atoms with Crippen LogP contribution in [-0.4, -0.2) is 23.1 Å². The van der Waals surface area contributed by atoms with E-state index >= 15 is 0 Å². The molecule has 0 saturated carbocycles. The predicted octanol–water partition coefficient (Wildman–Crippen LogP) is 5.67. The monoisotopic (exact) mass is 269 g/mol. The number of hydrogen-bond donors (Lipinski definition) is 0. The van der Waals surface area contributed by atoms with Crippen LogP contribution in [-0.2, 0) is 0 Å². The van der Waals surface area contributed by atoms with E-state index in [0.717, 1.165) is 34.7 Å². The van der Waals surface area contributed by atoms with Crippen LogP contribution in [0.25, 0.3) is 0 Å². The van der Waals surface area contributed by atoms with Crippen LogP contribution in [0.1, 0.15) is 67.2 Å². The molecule has 106 valence electrons. The average Bonchev–Trinajstić information content (AvgIpc) is 2.70. The van der Waals surface area contributed by atoms with Crippen LogP contribution in [0.2, 0.25) is 0 Å². The second-order valence-electron chi connectivity index (χ2n) is 7.49. The molecule has 6 atom stereocenters. The predicted molar refractivity (Wildman–Crippen MR) is 86.1 cm³/mol. The minimum Gasteiger partial charge on any atom is -0.0652 e. The van der Waals surface area contributed by atoms with Gasteiger partial charge in [-0.1, -0.05) is 41.0 Å². The Hall–Kier alpha value is 0.430. The molecule has 0 spiro atoms. The van der Waals surface area contributed by atoms with Crippen LogP contribution in [0.15, 0.2) is 0 Å². The Kier molecular flexibility index (Phi) is 4.48. The smallest absolute Gasteiger partial charge is 0.0652 e. The van der Waals surface area contributed by atoms with Gasteiger partial charge in [0.1, 0.15) is 0 Å². The molecule has 3 aliphatic rings. The van der Waals surface area contributed by atoms with Gasteiger partial charge in [-0.3, -0.25) is 0 Å². The van der Waals surface area contributed by atoms with Gasteiger partial charge < -0.3 is 0 Å². The molecule has 3 heterocycles. The topological polar surface area (TPSA) is 0 Å². The minimum absolute atomic E-state index is 0.614. The lowest BCUT2D eigenvalue weighted by molar-refractivity contribution is 0.383. The van der Waals surface area contributed by atoms with Crippen LogP contribution < -0.4 is 0 Å². The Bertz CT molecular complexity index is 285. The lowest BCUT2D eigenvalue weighted by atomic mass is 9.88. The third-order valence-corrected chi connectivity index (χ3v) is 13.1. The summed E-state index contributed by atoms with van der Waals surface area (Å²) in [7, 11) is -0.614. The van der Waals surface area contributed by atoms with Gasteiger partial charge in [-0.2, -0.15) is 0 Å². The van der Waals surface area contributed by atoms with Gasteiger partial charge >= 0.3 is 0 Å². The first kappa shape index (κ1) is 14.8. The Morgan fingerprint density at radius 1 is 1.17 bits per heavy atom. The van der Waals surface area contributed by atoms with Crippen LogP contribution in [0.3, 0.4) is 0 Å². The van der Waals surface area contributed by atoms with Crippen LogP contribution in [0, 0.1) is 17.8 Å². The zero-order valence-corrected chi connectivity index (χ0v) is 14.3. The van der Waals surface area contributed by atoms with Gasteiger partial charge in [0.25, 0.3) is 0 Å². The summed E-state index contributed by atoms with van der Waals surface area (Å²) in [4.78, 5) is 0. The molecule has 0 N–H and O–H groups in total. The van der Waals surface area contributed by atoms with Crippen molar-refractivity contribution >= 4 is 7.26 Å². The molecule has 3 fully saturated rings. The highest BCUT2D eigenvalue weighted by atomic mass is 31.2. The van der Waals surface area contributed by atoms with Crippen molar-refractivity contribution in [1.82, 2.24) is 0 Å². The fourth-order valence-corrected chi connectivity index (χ4v) is 13.6. The van der Waals surface area contributed by atoms with Crippen molar-refractivity contribution in [1.29, 1.82) is 0 Å². The normalized spacial score (nSPS) is 44.2. The molecule has 3 saturated heterocycles. The van der Waals surface area contributed by atoms with E-state index in [1.54, 1.807) is 6.16 Å². The first-order valence-electron chi connectivity index (χ1n) is 8.36. The maximum Gasteiger partial charge on any atom is 0.0742 e. The summed E-state index contributed by atoms with van der Waals surface area (Å²) in [5, 5.41) is 0. The van der Waals surface area contributed by atoms with E-state index in [4.69, 9.17) is 0 Å². The number of fused-ring (bicyclic) bond motifs is 1. The molecule has 0 amide bonds. The molecule has 6 unspecified atom stereocenters. The van der Waals surface area contributed by atoms with Gasteiger partial charge in [0.05, 0.1) is 23.1 Å². The highest BCUT2D eigenvalue weighted by molar-refractivity contribution is 7.79. The van der Waals surface area contributed by atoms with Crippen LogP contribution >= 0.6 is 7.26 Å². The standard InChI is InChI=1S/C17H34P/c1-7-9-15(8-2)18-11-16(14(18)6)13(5)17(18)10-12(3)4/h12-17H,7-11H2,1-6H3/q+1. The highest BCUT2D eigenvalue weighted by Gasteiger charge is 2.74. The van der Waals surface area contributed by atoms with Crippen molar-refractivity contribution in [3.05, 3.63) is 0 Å². The van der Waals surface area contributed by atoms with Gasteiger partial charge in [-0.25, -0.2) is 0 Å². The Morgan fingerprint density at radius 2 is 1.83 bits per heavy atom. The average molecular weight is 269 g/mol. The summed E-state index contributed by atoms with van der Waals surface area (Å²) in [6.07, 6.45) is 7.57. The third-order valence-electron chi connectivity index (χ3n) is 6.29. The van der Waals surface area contributed by atoms with Crippen molar-refractivity contribution in [3.63, 3.8) is 0 Å². The van der Waals surface area contributed by atoms with E-state index in [1.165, 1.54) is 25.7 Å². The largest absolute Gasteiger partial charge is 0.0742 e. The molecular formula is C17H34P+. The SMILES string of the molecule is CCCC(CC)[P+]12CC(C(C)C1CC(C)C)C2C. The van der Waals surface area contributed by atoms with Crippen molar-refractivity contribution in [2.75, 3.05) is 6.16 Å². The van der Waals surface area contributed by atoms with Crippen LogP contribution in [0.4, 0.5) is 0 Å². The Morgan fingerprint density at radius 3 is 2.28 bits per heavy atom. The molecular weight excluding hydrogens is 235 g/mol. The fraction of sp³-hybridized carbons (Fsp3) is 1.00. The van der Waals surface area contributed by atoms with E-state index < -0.39 is 7.26 Å². The van der Waals surface area contributed by atoms with Gasteiger partial charge in [0, 0.05) is 19.1 Å². The Labute approximate surface area is 116 Å². The molecule has 0 nitrogen and oxygen atoms in total. The summed E-state index contributed by atoms with van der Waals surface area (Å²) in [5.74, 6) is 3.05. The van der Waals surface area contributed by atoms with Crippen molar-refractivity contribution in [3.8, 4) is 0 Å². The molecule has 0 aromatic heterocycles. The first-order chi connectivity index (χ1) is 8.48. The fourth-order valence-electron chi connectivity index (χ4n) is 5.43. The summed E-state index contributed by atoms with van der Waals surface area (Å²) < 4.78 is 0. The van der Waals surface area contributed by atoms with Gasteiger partial charge in [0.15, 0.2) is 0 Å². The van der Waals surface area contributed by atoms with Gasteiger partial charge in [-0.15, -0.1) is 0 Å². The molecule has 2 bridgehead atoms. The maximum absolute atomic E-state index is 2.62. The third kappa shape index (κ3) is 1.98. The molecule has 0 radical (unpaired) electrons. The second-order valence-corrected chi connectivity index (χ2v) is 12.1. The zero-order chi connectivity index (χ0) is 13.5. The second kappa shape index (κ2) is 5.43. The summed E-state index contributed by atoms with van der Waals surface area (Å²) in [5.41, 5.74) is 3.36. The van der Waals surface area contributed by atoms with Crippen molar-refractivity contribution < 1.29 is 0 Å². The first-order valence-corrected chi connectivity index (χ1v) is 10.5. The van der Waals surface area contributed by atoms with Crippen molar-refractivity contribution in [2.24, 2.45) is 17.8 Å². The molecule has 0 aliphatic carbocycles.